The van der Waals surface area contributed by atoms with Gasteiger partial charge in [-0.2, -0.15) is 0 Å². The summed E-state index contributed by atoms with van der Waals surface area (Å²) in [7, 11) is 0. The second-order valence-corrected chi connectivity index (χ2v) is 10.5. The summed E-state index contributed by atoms with van der Waals surface area (Å²) < 4.78 is 0. The maximum atomic E-state index is 12.6. The van der Waals surface area contributed by atoms with Crippen molar-refractivity contribution in [1.29, 1.82) is 0 Å². The monoisotopic (exact) mass is 388 g/mol. The van der Waals surface area contributed by atoms with Crippen molar-refractivity contribution in [2.75, 3.05) is 6.61 Å². The van der Waals surface area contributed by atoms with E-state index in [1.165, 1.54) is 0 Å². The molecule has 0 aliphatic heterocycles. The molecule has 1 unspecified atom stereocenters. The van der Waals surface area contributed by atoms with E-state index in [0.29, 0.717) is 36.6 Å². The Morgan fingerprint density at radius 1 is 1.29 bits per heavy atom. The highest BCUT2D eigenvalue weighted by atomic mass is 16.6. The first kappa shape index (κ1) is 20.1. The fraction of sp³-hybridized carbons (Fsp3) is 0.826. The van der Waals surface area contributed by atoms with Crippen LogP contribution in [-0.2, 0) is 9.63 Å². The van der Waals surface area contributed by atoms with Gasteiger partial charge in [-0.15, -0.1) is 0 Å². The lowest BCUT2D eigenvalue weighted by Crippen LogP contribution is -2.63. The molecule has 28 heavy (non-hydrogen) atoms. The van der Waals surface area contributed by atoms with Gasteiger partial charge in [0.2, 0.25) is 0 Å². The summed E-state index contributed by atoms with van der Waals surface area (Å²) in [5.41, 5.74) is 6.29. The van der Waals surface area contributed by atoms with Gasteiger partial charge in [-0.3, -0.25) is 4.79 Å². The number of nitrogens with two attached hydrogens (primary N) is 1. The van der Waals surface area contributed by atoms with Gasteiger partial charge < -0.3 is 15.7 Å². The van der Waals surface area contributed by atoms with Gasteiger partial charge in [0.15, 0.2) is 0 Å². The Bertz CT molecular complexity index is 717. The first-order valence-corrected chi connectivity index (χ1v) is 11.0. The van der Waals surface area contributed by atoms with E-state index < -0.39 is 5.60 Å². The van der Waals surface area contributed by atoms with Crippen LogP contribution in [-0.4, -0.2) is 34.9 Å². The molecule has 156 valence electrons. The van der Waals surface area contributed by atoms with Crippen molar-refractivity contribution in [2.24, 2.45) is 39.5 Å². The van der Waals surface area contributed by atoms with E-state index in [1.54, 1.807) is 0 Å². The molecule has 5 nitrogen and oxygen atoms in total. The molecule has 0 aromatic rings. The molecular weight excluding hydrogens is 352 g/mol. The van der Waals surface area contributed by atoms with Gasteiger partial charge in [0.1, 0.15) is 12.4 Å². The molecule has 4 rings (SSSR count). The molecule has 5 heteroatoms. The number of oxime groups is 1. The van der Waals surface area contributed by atoms with Crippen LogP contribution in [0.5, 0.6) is 0 Å². The van der Waals surface area contributed by atoms with Gasteiger partial charge >= 0.3 is 0 Å². The predicted molar refractivity (Wildman–Crippen MR) is 110 cm³/mol. The largest absolute Gasteiger partial charge is 0.394 e. The van der Waals surface area contributed by atoms with Crippen molar-refractivity contribution in [3.63, 3.8) is 0 Å². The van der Waals surface area contributed by atoms with Crippen molar-refractivity contribution in [3.05, 3.63) is 12.2 Å². The zero-order valence-electron chi connectivity index (χ0n) is 17.7. The Balaban J connectivity index is 1.60. The average Bonchev–Trinajstić information content (AvgIpc) is 2.93. The lowest BCUT2D eigenvalue weighted by molar-refractivity contribution is -0.161. The van der Waals surface area contributed by atoms with Gasteiger partial charge in [0.05, 0.1) is 11.3 Å². The van der Waals surface area contributed by atoms with E-state index in [4.69, 9.17) is 10.6 Å². The molecular formula is C23H36N2O3. The standard InChI is InChI=1S/C23H36N2O3/c1-14-11-17-18-5-6-20(26)21(18,3)9-8-19(17)22(4)10-7-16(12-23(14,22)27)25-28-13-15(2)24/h15,17-19,27H,1,5-13,24H2,2-4H3/t15?,17-,18-,19-,21+,22+,23-/m0/s1. The molecule has 0 amide bonds. The van der Waals surface area contributed by atoms with E-state index in [1.807, 2.05) is 6.92 Å². The fourth-order valence-electron chi connectivity index (χ4n) is 7.13. The zero-order chi connectivity index (χ0) is 20.3. The normalized spacial score (nSPS) is 48.0. The molecule has 0 radical (unpaired) electrons. The van der Waals surface area contributed by atoms with Crippen LogP contribution in [0.15, 0.2) is 17.3 Å². The maximum absolute atomic E-state index is 12.6. The number of ketones is 1. The van der Waals surface area contributed by atoms with Crippen LogP contribution in [0.3, 0.4) is 0 Å². The molecule has 0 heterocycles. The Kier molecular flexibility index (Phi) is 4.78. The van der Waals surface area contributed by atoms with Crippen molar-refractivity contribution in [1.82, 2.24) is 0 Å². The van der Waals surface area contributed by atoms with Crippen LogP contribution in [0.4, 0.5) is 0 Å². The van der Waals surface area contributed by atoms with Crippen LogP contribution in [0.2, 0.25) is 0 Å². The molecule has 4 aliphatic rings. The number of carbonyl (C=O) groups is 1. The number of rotatable bonds is 3. The minimum atomic E-state index is -0.931. The molecule has 4 saturated carbocycles. The van der Waals surface area contributed by atoms with Crippen molar-refractivity contribution in [2.45, 2.75) is 83.8 Å². The zero-order valence-corrected chi connectivity index (χ0v) is 17.7. The topological polar surface area (TPSA) is 84.9 Å². The van der Waals surface area contributed by atoms with Crippen LogP contribution in [0.1, 0.15) is 72.1 Å². The van der Waals surface area contributed by atoms with E-state index in [2.05, 4.69) is 25.6 Å². The molecule has 0 saturated heterocycles. The van der Waals surface area contributed by atoms with Gasteiger partial charge in [-0.05, 0) is 68.8 Å². The lowest BCUT2D eigenvalue weighted by Gasteiger charge is -2.63. The molecule has 4 aliphatic carbocycles. The van der Waals surface area contributed by atoms with Crippen LogP contribution >= 0.6 is 0 Å². The third kappa shape index (κ3) is 2.72. The highest BCUT2D eigenvalue weighted by Crippen LogP contribution is 2.67. The summed E-state index contributed by atoms with van der Waals surface area (Å²) in [6, 6.07) is -0.0580. The summed E-state index contributed by atoms with van der Waals surface area (Å²) >= 11 is 0. The maximum Gasteiger partial charge on any atom is 0.139 e. The average molecular weight is 389 g/mol. The van der Waals surface area contributed by atoms with Gasteiger partial charge in [-0.1, -0.05) is 25.6 Å². The van der Waals surface area contributed by atoms with Crippen molar-refractivity contribution >= 4 is 11.5 Å². The highest BCUT2D eigenvalue weighted by Gasteiger charge is 2.65. The van der Waals surface area contributed by atoms with E-state index in [-0.39, 0.29) is 16.9 Å². The number of fused-ring (bicyclic) bond motifs is 5. The quantitative estimate of drug-likeness (QED) is 0.571. The van der Waals surface area contributed by atoms with Crippen molar-refractivity contribution in [3.8, 4) is 0 Å². The molecule has 4 fully saturated rings. The van der Waals surface area contributed by atoms with Gasteiger partial charge in [0.25, 0.3) is 0 Å². The number of carbonyl (C=O) groups excluding carboxylic acids is 1. The summed E-state index contributed by atoms with van der Waals surface area (Å²) in [6.45, 7) is 11.1. The number of Topliss-reactive ketones (excluding diaryl/α,β-unsaturated/α-hetero) is 1. The first-order chi connectivity index (χ1) is 13.1. The minimum absolute atomic E-state index is 0.0580. The lowest BCUT2D eigenvalue weighted by atomic mass is 9.43. The SMILES string of the molecule is C=C1C[C@H]2[C@@H]3CCC(=O)[C@]3(C)CC[C@@H]2[C@@]2(C)CCC(=NOCC(C)N)C[C@]12O. The van der Waals surface area contributed by atoms with E-state index >= 15 is 0 Å². The summed E-state index contributed by atoms with van der Waals surface area (Å²) in [5.74, 6) is 1.81. The van der Waals surface area contributed by atoms with Crippen LogP contribution in [0.25, 0.3) is 0 Å². The Morgan fingerprint density at radius 3 is 2.75 bits per heavy atom. The van der Waals surface area contributed by atoms with Gasteiger partial charge in [0, 0.05) is 29.7 Å². The summed E-state index contributed by atoms with van der Waals surface area (Å²) in [5, 5.41) is 16.2. The Hall–Kier alpha value is -1.20. The van der Waals surface area contributed by atoms with Crippen LogP contribution in [0, 0.1) is 28.6 Å². The number of nitrogens with zero attached hydrogens (tertiary/aromatic N) is 1. The summed E-state index contributed by atoms with van der Waals surface area (Å²) in [4.78, 5) is 18.0. The number of aliphatic hydroxyl groups is 1. The second kappa shape index (κ2) is 6.66. The molecule has 0 spiro atoms. The minimum Gasteiger partial charge on any atom is -0.394 e. The highest BCUT2D eigenvalue weighted by molar-refractivity contribution is 5.88. The van der Waals surface area contributed by atoms with Crippen molar-refractivity contribution < 1.29 is 14.7 Å². The molecule has 0 bridgehead atoms. The van der Waals surface area contributed by atoms with Crippen LogP contribution < -0.4 is 5.73 Å². The number of hydrogen-bond acceptors (Lipinski definition) is 5. The third-order valence-corrected chi connectivity index (χ3v) is 8.90. The third-order valence-electron chi connectivity index (χ3n) is 8.90. The molecule has 3 N–H and O–H groups in total. The first-order valence-electron chi connectivity index (χ1n) is 11.0. The Morgan fingerprint density at radius 2 is 2.04 bits per heavy atom. The Labute approximate surface area is 168 Å². The molecule has 0 aromatic carbocycles. The second-order valence-electron chi connectivity index (χ2n) is 10.5. The molecule has 0 aromatic heterocycles. The molecule has 7 atom stereocenters. The number of hydrogen-bond donors (Lipinski definition) is 2. The van der Waals surface area contributed by atoms with E-state index in [9.17, 15) is 9.90 Å². The predicted octanol–water partition coefficient (Wildman–Crippen LogP) is 3.60. The fourth-order valence-corrected chi connectivity index (χ4v) is 7.13. The van der Waals surface area contributed by atoms with E-state index in [0.717, 1.165) is 56.2 Å². The smallest absolute Gasteiger partial charge is 0.139 e. The summed E-state index contributed by atoms with van der Waals surface area (Å²) in [6.07, 6.45) is 6.80. The van der Waals surface area contributed by atoms with Gasteiger partial charge in [-0.25, -0.2) is 0 Å².